The molecular formula is C14H17ClN2O4. The van der Waals surface area contributed by atoms with Crippen LogP contribution in [0.5, 0.6) is 0 Å². The predicted octanol–water partition coefficient (Wildman–Crippen LogP) is 1.58. The maximum Gasteiger partial charge on any atom is 0.317 e. The van der Waals surface area contributed by atoms with Gasteiger partial charge in [-0.05, 0) is 17.7 Å². The number of carbonyl (C=O) groups is 2. The Bertz CT molecular complexity index is 520. The molecule has 0 aliphatic carbocycles. The Kier molecular flexibility index (Phi) is 5.03. The molecule has 2 N–H and O–H groups in total. The van der Waals surface area contributed by atoms with E-state index in [-0.39, 0.29) is 19.2 Å². The van der Waals surface area contributed by atoms with Crippen molar-refractivity contribution in [1.29, 1.82) is 0 Å². The zero-order valence-electron chi connectivity index (χ0n) is 11.6. The van der Waals surface area contributed by atoms with E-state index in [1.807, 2.05) is 12.1 Å². The van der Waals surface area contributed by atoms with E-state index in [1.165, 1.54) is 4.90 Å². The second-order valence-electron chi connectivity index (χ2n) is 5.02. The summed E-state index contributed by atoms with van der Waals surface area (Å²) in [6, 6.07) is 6.37. The fourth-order valence-electron chi connectivity index (χ4n) is 2.14. The molecule has 1 heterocycles. The molecule has 21 heavy (non-hydrogen) atoms. The highest BCUT2D eigenvalue weighted by molar-refractivity contribution is 6.30. The topological polar surface area (TPSA) is 78.9 Å². The van der Waals surface area contributed by atoms with Gasteiger partial charge in [0.2, 0.25) is 0 Å². The number of amides is 2. The summed E-state index contributed by atoms with van der Waals surface area (Å²) in [4.78, 5) is 24.6. The van der Waals surface area contributed by atoms with E-state index in [0.29, 0.717) is 11.6 Å². The molecule has 1 aliphatic heterocycles. The molecule has 7 heteroatoms. The van der Waals surface area contributed by atoms with Gasteiger partial charge < -0.3 is 20.1 Å². The summed E-state index contributed by atoms with van der Waals surface area (Å²) in [5.74, 6) is -1.66. The number of aliphatic carboxylic acids is 1. The van der Waals surface area contributed by atoms with Crippen molar-refractivity contribution in [2.75, 3.05) is 20.3 Å². The Morgan fingerprint density at radius 2 is 2.05 bits per heavy atom. The Balaban J connectivity index is 1.90. The predicted molar refractivity (Wildman–Crippen MR) is 77.2 cm³/mol. The van der Waals surface area contributed by atoms with Gasteiger partial charge in [-0.25, -0.2) is 4.79 Å². The molecule has 0 saturated carbocycles. The van der Waals surface area contributed by atoms with Gasteiger partial charge in [0.05, 0.1) is 19.3 Å². The highest BCUT2D eigenvalue weighted by Crippen LogP contribution is 2.15. The number of carbonyl (C=O) groups excluding carboxylic acids is 1. The van der Waals surface area contributed by atoms with Gasteiger partial charge in [-0.2, -0.15) is 0 Å². The highest BCUT2D eigenvalue weighted by Gasteiger charge is 2.35. The Morgan fingerprint density at radius 1 is 1.38 bits per heavy atom. The molecule has 6 nitrogen and oxygen atoms in total. The molecule has 1 aromatic rings. The molecule has 0 radical (unpaired) electrons. The van der Waals surface area contributed by atoms with Crippen LogP contribution in [0.3, 0.4) is 0 Å². The molecule has 2 rings (SSSR count). The second-order valence-corrected chi connectivity index (χ2v) is 5.46. The van der Waals surface area contributed by atoms with E-state index in [1.54, 1.807) is 19.2 Å². The highest BCUT2D eigenvalue weighted by atomic mass is 35.5. The van der Waals surface area contributed by atoms with Crippen LogP contribution in [0.4, 0.5) is 4.79 Å². The number of nitrogens with one attached hydrogen (secondary N) is 1. The number of nitrogens with zero attached hydrogens (tertiary/aromatic N) is 1. The third-order valence-corrected chi connectivity index (χ3v) is 3.64. The molecule has 0 bridgehead atoms. The summed E-state index contributed by atoms with van der Waals surface area (Å²) in [5, 5.41) is 12.4. The van der Waals surface area contributed by atoms with Gasteiger partial charge in [0.25, 0.3) is 0 Å². The summed E-state index contributed by atoms with van der Waals surface area (Å²) in [6.07, 6.45) is 0. The normalized spacial score (nSPS) is 21.0. The Labute approximate surface area is 127 Å². The first kappa shape index (κ1) is 15.6. The van der Waals surface area contributed by atoms with Crippen LogP contribution in [0, 0.1) is 5.92 Å². The van der Waals surface area contributed by atoms with Gasteiger partial charge in [-0.3, -0.25) is 4.79 Å². The molecular weight excluding hydrogens is 296 g/mol. The standard InChI is InChI=1S/C14H17ClN2O4/c1-17(6-9-2-4-10(15)5-3-9)14(20)16-12-8-21-7-11(12)13(18)19/h2-5,11-12H,6-8H2,1H3,(H,16,20)(H,18,19). The number of carboxylic acid groups (broad SMARTS) is 1. The second kappa shape index (κ2) is 6.78. The van der Waals surface area contributed by atoms with Crippen molar-refractivity contribution in [3.63, 3.8) is 0 Å². The minimum absolute atomic E-state index is 0.126. The average molecular weight is 313 g/mol. The summed E-state index contributed by atoms with van der Waals surface area (Å²) < 4.78 is 5.11. The monoisotopic (exact) mass is 312 g/mol. The van der Waals surface area contributed by atoms with Crippen molar-refractivity contribution in [3.8, 4) is 0 Å². The van der Waals surface area contributed by atoms with Crippen LogP contribution in [0.15, 0.2) is 24.3 Å². The molecule has 0 aromatic heterocycles. The number of rotatable bonds is 4. The molecule has 114 valence electrons. The van der Waals surface area contributed by atoms with Crippen molar-refractivity contribution in [1.82, 2.24) is 10.2 Å². The van der Waals surface area contributed by atoms with E-state index >= 15 is 0 Å². The van der Waals surface area contributed by atoms with Crippen molar-refractivity contribution >= 4 is 23.6 Å². The van der Waals surface area contributed by atoms with Crippen LogP contribution in [0.25, 0.3) is 0 Å². The first-order valence-corrected chi connectivity index (χ1v) is 6.92. The minimum atomic E-state index is -0.960. The van der Waals surface area contributed by atoms with Crippen LogP contribution in [-0.4, -0.2) is 48.3 Å². The third-order valence-electron chi connectivity index (χ3n) is 3.39. The van der Waals surface area contributed by atoms with Crippen LogP contribution in [0.2, 0.25) is 5.02 Å². The summed E-state index contributed by atoms with van der Waals surface area (Å²) >= 11 is 5.81. The molecule has 1 aromatic carbocycles. The summed E-state index contributed by atoms with van der Waals surface area (Å²) in [6.45, 7) is 0.757. The van der Waals surface area contributed by atoms with E-state index in [2.05, 4.69) is 5.32 Å². The summed E-state index contributed by atoms with van der Waals surface area (Å²) in [7, 11) is 1.65. The lowest BCUT2D eigenvalue weighted by molar-refractivity contribution is -0.142. The van der Waals surface area contributed by atoms with Crippen molar-refractivity contribution in [2.24, 2.45) is 5.92 Å². The van der Waals surface area contributed by atoms with Gasteiger partial charge in [0.15, 0.2) is 0 Å². The fourth-order valence-corrected chi connectivity index (χ4v) is 2.27. The van der Waals surface area contributed by atoms with E-state index in [9.17, 15) is 9.59 Å². The van der Waals surface area contributed by atoms with E-state index in [4.69, 9.17) is 21.4 Å². The number of benzene rings is 1. The number of halogens is 1. The van der Waals surface area contributed by atoms with Crippen LogP contribution < -0.4 is 5.32 Å². The molecule has 0 spiro atoms. The Morgan fingerprint density at radius 3 is 2.67 bits per heavy atom. The number of urea groups is 1. The number of carboxylic acids is 1. The third kappa shape index (κ3) is 4.09. The van der Waals surface area contributed by atoms with Gasteiger partial charge in [-0.15, -0.1) is 0 Å². The summed E-state index contributed by atoms with van der Waals surface area (Å²) in [5.41, 5.74) is 0.939. The Hall–Kier alpha value is -1.79. The smallest absolute Gasteiger partial charge is 0.317 e. The molecule has 2 atom stereocenters. The lowest BCUT2D eigenvalue weighted by Gasteiger charge is -2.22. The van der Waals surface area contributed by atoms with E-state index < -0.39 is 17.9 Å². The lowest BCUT2D eigenvalue weighted by atomic mass is 10.0. The van der Waals surface area contributed by atoms with Crippen LogP contribution >= 0.6 is 11.6 Å². The average Bonchev–Trinajstić information content (AvgIpc) is 2.89. The largest absolute Gasteiger partial charge is 0.481 e. The SMILES string of the molecule is CN(Cc1ccc(Cl)cc1)C(=O)NC1COCC1C(=O)O. The zero-order chi connectivity index (χ0) is 15.4. The van der Waals surface area contributed by atoms with Crippen molar-refractivity contribution < 1.29 is 19.4 Å². The maximum atomic E-state index is 12.1. The first-order chi connectivity index (χ1) is 9.97. The zero-order valence-corrected chi connectivity index (χ0v) is 12.3. The van der Waals surface area contributed by atoms with Crippen molar-refractivity contribution in [2.45, 2.75) is 12.6 Å². The molecule has 1 aliphatic rings. The fraction of sp³-hybridized carbons (Fsp3) is 0.429. The quantitative estimate of drug-likeness (QED) is 0.885. The van der Waals surface area contributed by atoms with E-state index in [0.717, 1.165) is 5.56 Å². The molecule has 2 unspecified atom stereocenters. The number of hydrogen-bond donors (Lipinski definition) is 2. The van der Waals surface area contributed by atoms with Crippen LogP contribution in [-0.2, 0) is 16.1 Å². The lowest BCUT2D eigenvalue weighted by Crippen LogP contribution is -2.47. The molecule has 2 amide bonds. The number of hydrogen-bond acceptors (Lipinski definition) is 3. The van der Waals surface area contributed by atoms with Gasteiger partial charge >= 0.3 is 12.0 Å². The minimum Gasteiger partial charge on any atom is -0.481 e. The van der Waals surface area contributed by atoms with Gasteiger partial charge in [0, 0.05) is 18.6 Å². The maximum absolute atomic E-state index is 12.1. The molecule has 1 saturated heterocycles. The van der Waals surface area contributed by atoms with Gasteiger partial charge in [-0.1, -0.05) is 23.7 Å². The first-order valence-electron chi connectivity index (χ1n) is 6.54. The van der Waals surface area contributed by atoms with Crippen LogP contribution in [0.1, 0.15) is 5.56 Å². The number of ether oxygens (including phenoxy) is 1. The molecule has 1 fully saturated rings. The van der Waals surface area contributed by atoms with Crippen molar-refractivity contribution in [3.05, 3.63) is 34.9 Å². The van der Waals surface area contributed by atoms with Gasteiger partial charge in [0.1, 0.15) is 5.92 Å².